The Hall–Kier alpha value is -3.10. The Kier molecular flexibility index (Phi) is 6.46. The largest absolute Gasteiger partial charge is 0.345 e. The molecule has 8 heteroatoms. The van der Waals surface area contributed by atoms with Crippen LogP contribution in [0.25, 0.3) is 11.0 Å². The van der Waals surface area contributed by atoms with E-state index in [1.54, 1.807) is 6.20 Å². The summed E-state index contributed by atoms with van der Waals surface area (Å²) in [6.45, 7) is 4.03. The molecule has 30 heavy (non-hydrogen) atoms. The van der Waals surface area contributed by atoms with E-state index in [9.17, 15) is 4.79 Å². The van der Waals surface area contributed by atoms with Crippen molar-refractivity contribution in [2.24, 2.45) is 0 Å². The van der Waals surface area contributed by atoms with Crippen LogP contribution in [0.1, 0.15) is 32.6 Å². The van der Waals surface area contributed by atoms with E-state index >= 15 is 0 Å². The van der Waals surface area contributed by atoms with Gasteiger partial charge in [-0.1, -0.05) is 18.2 Å². The highest BCUT2D eigenvalue weighted by molar-refractivity contribution is 7.09. The Morgan fingerprint density at radius 3 is 2.80 bits per heavy atom. The average Bonchev–Trinajstić information content (AvgIpc) is 3.39. The second-order valence-electron chi connectivity index (χ2n) is 7.09. The zero-order valence-electron chi connectivity index (χ0n) is 16.8. The number of nitrogens with one attached hydrogen (secondary N) is 3. The molecule has 0 bridgehead atoms. The minimum absolute atomic E-state index is 0.169. The fourth-order valence-electron chi connectivity index (χ4n) is 3.05. The Morgan fingerprint density at radius 1 is 1.10 bits per heavy atom. The Balaban J connectivity index is 1.17. The number of nitrogens with zero attached hydrogens (tertiary/aromatic N) is 3. The molecule has 0 saturated carbocycles. The minimum Gasteiger partial charge on any atom is -0.345 e. The van der Waals surface area contributed by atoms with Gasteiger partial charge in [0, 0.05) is 37.5 Å². The maximum atomic E-state index is 12.3. The molecule has 4 aromatic rings. The molecule has 0 unspecified atom stereocenters. The summed E-state index contributed by atoms with van der Waals surface area (Å²) in [7, 11) is 0. The molecule has 0 aliphatic carbocycles. The van der Waals surface area contributed by atoms with Crippen molar-refractivity contribution in [2.45, 2.75) is 26.3 Å². The van der Waals surface area contributed by atoms with Gasteiger partial charge in [-0.2, -0.15) is 0 Å². The summed E-state index contributed by atoms with van der Waals surface area (Å²) in [4.78, 5) is 28.9. The number of benzene rings is 1. The van der Waals surface area contributed by atoms with Crippen LogP contribution in [0.2, 0.25) is 0 Å². The van der Waals surface area contributed by atoms with Crippen LogP contribution >= 0.6 is 11.3 Å². The van der Waals surface area contributed by atoms with Gasteiger partial charge >= 0.3 is 0 Å². The second-order valence-corrected chi connectivity index (χ2v) is 8.03. The summed E-state index contributed by atoms with van der Waals surface area (Å²) in [5, 5.41) is 9.04. The summed E-state index contributed by atoms with van der Waals surface area (Å²) >= 11 is 1.51. The lowest BCUT2D eigenvalue weighted by Crippen LogP contribution is -2.24. The van der Waals surface area contributed by atoms with Crippen LogP contribution in [0, 0.1) is 6.92 Å². The van der Waals surface area contributed by atoms with Crippen LogP contribution in [-0.4, -0.2) is 38.9 Å². The third-order valence-corrected chi connectivity index (χ3v) is 5.59. The molecule has 3 N–H and O–H groups in total. The molecule has 1 aromatic carbocycles. The third-order valence-electron chi connectivity index (χ3n) is 4.68. The van der Waals surface area contributed by atoms with E-state index in [1.165, 1.54) is 11.3 Å². The van der Waals surface area contributed by atoms with E-state index in [0.717, 1.165) is 59.1 Å². The molecule has 0 aliphatic heterocycles. The fraction of sp³-hybridized carbons (Fsp3) is 0.273. The van der Waals surface area contributed by atoms with Crippen molar-refractivity contribution in [3.63, 3.8) is 0 Å². The highest BCUT2D eigenvalue weighted by atomic mass is 32.1. The first-order valence-electron chi connectivity index (χ1n) is 9.96. The van der Waals surface area contributed by atoms with Gasteiger partial charge in [-0.05, 0) is 30.7 Å². The topological polar surface area (TPSA) is 95.6 Å². The van der Waals surface area contributed by atoms with Gasteiger partial charge in [-0.3, -0.25) is 9.78 Å². The fourth-order valence-corrected chi connectivity index (χ4v) is 3.82. The van der Waals surface area contributed by atoms with Gasteiger partial charge < -0.3 is 15.6 Å². The summed E-state index contributed by atoms with van der Waals surface area (Å²) < 4.78 is 0. The maximum absolute atomic E-state index is 12.3. The van der Waals surface area contributed by atoms with Crippen molar-refractivity contribution >= 4 is 28.3 Å². The molecule has 0 spiro atoms. The first-order valence-corrected chi connectivity index (χ1v) is 10.8. The molecular weight excluding hydrogens is 396 g/mol. The predicted molar refractivity (Wildman–Crippen MR) is 119 cm³/mol. The molecule has 1 amide bonds. The van der Waals surface area contributed by atoms with Gasteiger partial charge in [0.15, 0.2) is 0 Å². The molecular formula is C22H24N6OS. The molecule has 0 fully saturated rings. The van der Waals surface area contributed by atoms with E-state index in [2.05, 4.69) is 30.6 Å². The van der Waals surface area contributed by atoms with Gasteiger partial charge in [-0.25, -0.2) is 9.97 Å². The Labute approximate surface area is 179 Å². The molecule has 0 aliphatic rings. The number of carbonyl (C=O) groups excluding carboxylic acids is 1. The number of pyridine rings is 1. The number of fused-ring (bicyclic) bond motifs is 1. The lowest BCUT2D eigenvalue weighted by molar-refractivity contribution is 0.0946. The van der Waals surface area contributed by atoms with Gasteiger partial charge in [0.05, 0.1) is 28.3 Å². The molecule has 0 saturated heterocycles. The molecule has 0 radical (unpaired) electrons. The highest BCUT2D eigenvalue weighted by Gasteiger charge is 2.11. The smallest absolute Gasteiger partial charge is 0.271 e. The number of thiazole rings is 1. The van der Waals surface area contributed by atoms with Crippen molar-refractivity contribution in [1.82, 2.24) is 30.6 Å². The van der Waals surface area contributed by atoms with E-state index in [4.69, 9.17) is 0 Å². The number of H-pyrrole nitrogens is 1. The van der Waals surface area contributed by atoms with Crippen LogP contribution in [0.3, 0.4) is 0 Å². The number of aryl methyl sites for hydroxylation is 1. The average molecular weight is 421 g/mol. The van der Waals surface area contributed by atoms with E-state index in [1.807, 2.05) is 48.7 Å². The number of hydrogen-bond donors (Lipinski definition) is 3. The molecule has 0 atom stereocenters. The number of carbonyl (C=O) groups is 1. The molecule has 3 aromatic heterocycles. The monoisotopic (exact) mass is 420 g/mol. The highest BCUT2D eigenvalue weighted by Crippen LogP contribution is 2.11. The van der Waals surface area contributed by atoms with Crippen molar-refractivity contribution in [1.29, 1.82) is 0 Å². The van der Waals surface area contributed by atoms with Gasteiger partial charge in [0.2, 0.25) is 0 Å². The lowest BCUT2D eigenvalue weighted by Gasteiger charge is -2.03. The van der Waals surface area contributed by atoms with Gasteiger partial charge in [-0.15, -0.1) is 11.3 Å². The lowest BCUT2D eigenvalue weighted by atomic mass is 10.3. The molecule has 154 valence electrons. The molecule has 7 nitrogen and oxygen atoms in total. The number of hydrogen-bond acceptors (Lipinski definition) is 6. The van der Waals surface area contributed by atoms with Crippen LogP contribution in [-0.2, 0) is 19.4 Å². The number of imidazole rings is 1. The molecule has 4 rings (SSSR count). The zero-order valence-corrected chi connectivity index (χ0v) is 17.6. The van der Waals surface area contributed by atoms with Crippen molar-refractivity contribution < 1.29 is 4.79 Å². The Bertz CT molecular complexity index is 1090. The second kappa shape index (κ2) is 9.60. The summed E-state index contributed by atoms with van der Waals surface area (Å²) in [5.41, 5.74) is 4.46. The first-order chi connectivity index (χ1) is 14.7. The number of para-hydroxylation sites is 2. The van der Waals surface area contributed by atoms with Crippen molar-refractivity contribution in [3.8, 4) is 0 Å². The van der Waals surface area contributed by atoms with E-state index in [0.29, 0.717) is 12.2 Å². The van der Waals surface area contributed by atoms with Gasteiger partial charge in [0.1, 0.15) is 11.5 Å². The number of aromatic amines is 1. The normalized spacial score (nSPS) is 11.1. The van der Waals surface area contributed by atoms with Crippen LogP contribution in [0.4, 0.5) is 0 Å². The number of amides is 1. The summed E-state index contributed by atoms with van der Waals surface area (Å²) in [5.74, 6) is 0.817. The first kappa shape index (κ1) is 20.2. The van der Waals surface area contributed by atoms with Crippen LogP contribution in [0.5, 0.6) is 0 Å². The van der Waals surface area contributed by atoms with Crippen molar-refractivity contribution in [3.05, 3.63) is 75.8 Å². The maximum Gasteiger partial charge on any atom is 0.271 e. The number of rotatable bonds is 9. The van der Waals surface area contributed by atoms with E-state index in [-0.39, 0.29) is 5.91 Å². The summed E-state index contributed by atoms with van der Waals surface area (Å²) in [6.07, 6.45) is 3.43. The van der Waals surface area contributed by atoms with Crippen LogP contribution < -0.4 is 10.6 Å². The summed E-state index contributed by atoms with van der Waals surface area (Å²) in [6, 6.07) is 11.9. The third kappa shape index (κ3) is 5.28. The van der Waals surface area contributed by atoms with Crippen molar-refractivity contribution in [2.75, 3.05) is 13.1 Å². The predicted octanol–water partition coefficient (Wildman–Crippen LogP) is 3.03. The quantitative estimate of drug-likeness (QED) is 0.362. The Morgan fingerprint density at radius 2 is 1.97 bits per heavy atom. The zero-order chi connectivity index (χ0) is 20.8. The van der Waals surface area contributed by atoms with Crippen LogP contribution in [0.15, 0.2) is 48.0 Å². The SMILES string of the molecule is Cc1ccc(CNC(=O)c2csc(CCNCCc3nc4ccccc4[nH]3)n2)nc1. The minimum atomic E-state index is -0.169. The number of aromatic nitrogens is 4. The van der Waals surface area contributed by atoms with E-state index < -0.39 is 0 Å². The molecule has 3 heterocycles. The standard InChI is InChI=1S/C22H24N6OS/c1-15-6-7-16(24-12-15)13-25-22(29)19-14-30-21(28-19)9-11-23-10-8-20-26-17-4-2-3-5-18(17)27-20/h2-7,12,14,23H,8-11,13H2,1H3,(H,25,29)(H,26,27). The van der Waals surface area contributed by atoms with Gasteiger partial charge in [0.25, 0.3) is 5.91 Å².